The maximum Gasteiger partial charge on any atom is 0.165 e. The van der Waals surface area contributed by atoms with E-state index in [-0.39, 0.29) is 5.75 Å². The van der Waals surface area contributed by atoms with Crippen LogP contribution in [0.25, 0.3) is 10.2 Å². The van der Waals surface area contributed by atoms with E-state index < -0.39 is 5.82 Å². The highest BCUT2D eigenvalue weighted by Crippen LogP contribution is 2.25. The van der Waals surface area contributed by atoms with Crippen molar-refractivity contribution in [3.05, 3.63) is 52.8 Å². The molecule has 0 spiro atoms. The molecular formula is C15H13FN2OS. The smallest absolute Gasteiger partial charge is 0.165 e. The summed E-state index contributed by atoms with van der Waals surface area (Å²) in [6, 6.07) is 10.4. The van der Waals surface area contributed by atoms with Gasteiger partial charge in [0.05, 0.1) is 15.2 Å². The van der Waals surface area contributed by atoms with Crippen LogP contribution in [-0.4, -0.2) is 10.1 Å². The average molecular weight is 288 g/mol. The zero-order valence-corrected chi connectivity index (χ0v) is 11.7. The molecule has 0 unspecified atom stereocenters. The zero-order chi connectivity index (χ0) is 14.1. The Kier molecular flexibility index (Phi) is 3.28. The molecule has 3 nitrogen and oxygen atoms in total. The van der Waals surface area contributed by atoms with Crippen LogP contribution < -0.4 is 5.32 Å². The second-order valence-corrected chi connectivity index (χ2v) is 5.79. The van der Waals surface area contributed by atoms with E-state index in [2.05, 4.69) is 10.3 Å². The molecule has 0 radical (unpaired) electrons. The Bertz CT molecular complexity index is 770. The first-order valence-electron chi connectivity index (χ1n) is 6.20. The van der Waals surface area contributed by atoms with E-state index in [9.17, 15) is 4.39 Å². The topological polar surface area (TPSA) is 45.2 Å². The number of aryl methyl sites for hydroxylation is 1. The number of benzene rings is 2. The number of rotatable bonds is 3. The molecule has 2 N–H and O–H groups in total. The van der Waals surface area contributed by atoms with E-state index in [1.54, 1.807) is 17.4 Å². The van der Waals surface area contributed by atoms with Crippen molar-refractivity contribution in [3.63, 3.8) is 0 Å². The fourth-order valence-electron chi connectivity index (χ4n) is 2.01. The van der Waals surface area contributed by atoms with Crippen molar-refractivity contribution >= 4 is 27.2 Å². The maximum atomic E-state index is 13.2. The Labute approximate surface area is 119 Å². The molecule has 0 atom stereocenters. The highest BCUT2D eigenvalue weighted by atomic mass is 32.1. The summed E-state index contributed by atoms with van der Waals surface area (Å²) >= 11 is 1.65. The standard InChI is InChI=1S/C15H13FN2OS/c1-9-18-13-4-3-11(7-15(13)20-9)17-8-10-2-5-14(19)12(16)6-10/h2-7,17,19H,8H2,1H3. The summed E-state index contributed by atoms with van der Waals surface area (Å²) in [4.78, 5) is 4.41. The molecule has 0 saturated carbocycles. The van der Waals surface area contributed by atoms with Gasteiger partial charge in [0, 0.05) is 12.2 Å². The lowest BCUT2D eigenvalue weighted by Gasteiger charge is -2.07. The largest absolute Gasteiger partial charge is 0.505 e. The summed E-state index contributed by atoms with van der Waals surface area (Å²) in [6.07, 6.45) is 0. The van der Waals surface area contributed by atoms with Crippen molar-refractivity contribution in [1.82, 2.24) is 4.98 Å². The molecule has 0 fully saturated rings. The minimum absolute atomic E-state index is 0.324. The van der Waals surface area contributed by atoms with E-state index in [0.717, 1.165) is 26.5 Å². The first-order chi connectivity index (χ1) is 9.61. The molecule has 20 heavy (non-hydrogen) atoms. The SMILES string of the molecule is Cc1nc2ccc(NCc3ccc(O)c(F)c3)cc2s1. The van der Waals surface area contributed by atoms with Gasteiger partial charge in [-0.3, -0.25) is 0 Å². The molecule has 0 aliphatic heterocycles. The van der Waals surface area contributed by atoms with Crippen LogP contribution in [0.3, 0.4) is 0 Å². The molecule has 2 aromatic carbocycles. The molecule has 0 aliphatic carbocycles. The lowest BCUT2D eigenvalue weighted by Crippen LogP contribution is -1.99. The predicted octanol–water partition coefficient (Wildman–Crippen LogP) is 4.06. The van der Waals surface area contributed by atoms with E-state index >= 15 is 0 Å². The number of phenols is 1. The van der Waals surface area contributed by atoms with Gasteiger partial charge < -0.3 is 10.4 Å². The van der Waals surface area contributed by atoms with Crippen LogP contribution in [0, 0.1) is 12.7 Å². The van der Waals surface area contributed by atoms with Crippen molar-refractivity contribution < 1.29 is 9.50 Å². The molecule has 0 amide bonds. The van der Waals surface area contributed by atoms with Crippen molar-refractivity contribution in [1.29, 1.82) is 0 Å². The second kappa shape index (κ2) is 5.09. The van der Waals surface area contributed by atoms with Crippen LogP contribution in [0.5, 0.6) is 5.75 Å². The molecule has 3 aromatic rings. The first kappa shape index (κ1) is 12.9. The average Bonchev–Trinajstić information content (AvgIpc) is 2.79. The monoisotopic (exact) mass is 288 g/mol. The van der Waals surface area contributed by atoms with Gasteiger partial charge in [-0.2, -0.15) is 0 Å². The second-order valence-electron chi connectivity index (χ2n) is 4.55. The van der Waals surface area contributed by atoms with Crippen molar-refractivity contribution in [3.8, 4) is 5.75 Å². The number of nitrogens with zero attached hydrogens (tertiary/aromatic N) is 1. The molecule has 0 aliphatic rings. The molecule has 1 aromatic heterocycles. The Morgan fingerprint density at radius 1 is 1.25 bits per heavy atom. The van der Waals surface area contributed by atoms with Gasteiger partial charge in [0.1, 0.15) is 0 Å². The van der Waals surface area contributed by atoms with Gasteiger partial charge >= 0.3 is 0 Å². The fourth-order valence-corrected chi connectivity index (χ4v) is 2.88. The van der Waals surface area contributed by atoms with E-state index in [0.29, 0.717) is 6.54 Å². The normalized spacial score (nSPS) is 10.9. The fraction of sp³-hybridized carbons (Fsp3) is 0.133. The number of hydrogen-bond acceptors (Lipinski definition) is 4. The number of hydrogen-bond donors (Lipinski definition) is 2. The lowest BCUT2D eigenvalue weighted by atomic mass is 10.2. The van der Waals surface area contributed by atoms with Gasteiger partial charge in [0.2, 0.25) is 0 Å². The van der Waals surface area contributed by atoms with Gasteiger partial charge in [-0.25, -0.2) is 9.37 Å². The van der Waals surface area contributed by atoms with E-state index in [1.807, 2.05) is 25.1 Å². The number of thiazole rings is 1. The zero-order valence-electron chi connectivity index (χ0n) is 10.9. The van der Waals surface area contributed by atoms with Crippen molar-refractivity contribution in [2.75, 3.05) is 5.32 Å². The third-order valence-electron chi connectivity index (χ3n) is 3.00. The van der Waals surface area contributed by atoms with Crippen LogP contribution in [0.15, 0.2) is 36.4 Å². The summed E-state index contributed by atoms with van der Waals surface area (Å²) in [6.45, 7) is 2.48. The summed E-state index contributed by atoms with van der Waals surface area (Å²) in [5.74, 6) is -0.923. The van der Waals surface area contributed by atoms with Crippen molar-refractivity contribution in [2.45, 2.75) is 13.5 Å². The van der Waals surface area contributed by atoms with Crippen LogP contribution >= 0.6 is 11.3 Å². The van der Waals surface area contributed by atoms with Gasteiger partial charge in [-0.15, -0.1) is 11.3 Å². The third kappa shape index (κ3) is 2.58. The van der Waals surface area contributed by atoms with Gasteiger partial charge in [-0.1, -0.05) is 6.07 Å². The number of aromatic hydroxyl groups is 1. The Morgan fingerprint density at radius 3 is 2.90 bits per heavy atom. The number of aromatic nitrogens is 1. The Balaban J connectivity index is 1.77. The maximum absolute atomic E-state index is 13.2. The van der Waals surface area contributed by atoms with Crippen LogP contribution in [0.1, 0.15) is 10.6 Å². The molecule has 102 valence electrons. The van der Waals surface area contributed by atoms with Gasteiger partial charge in [-0.05, 0) is 42.8 Å². The van der Waals surface area contributed by atoms with E-state index in [4.69, 9.17) is 5.11 Å². The highest BCUT2D eigenvalue weighted by Gasteiger charge is 2.03. The van der Waals surface area contributed by atoms with Crippen LogP contribution in [-0.2, 0) is 6.54 Å². The highest BCUT2D eigenvalue weighted by molar-refractivity contribution is 7.18. The number of fused-ring (bicyclic) bond motifs is 1. The van der Waals surface area contributed by atoms with Crippen LogP contribution in [0.2, 0.25) is 0 Å². The predicted molar refractivity (Wildman–Crippen MR) is 79.7 cm³/mol. The minimum Gasteiger partial charge on any atom is -0.505 e. The van der Waals surface area contributed by atoms with Crippen molar-refractivity contribution in [2.24, 2.45) is 0 Å². The minimum atomic E-state index is -0.599. The number of nitrogens with one attached hydrogen (secondary N) is 1. The number of halogens is 1. The first-order valence-corrected chi connectivity index (χ1v) is 7.02. The molecular weight excluding hydrogens is 275 g/mol. The molecule has 0 saturated heterocycles. The summed E-state index contributed by atoms with van der Waals surface area (Å²) in [5.41, 5.74) is 2.74. The quantitative estimate of drug-likeness (QED) is 0.764. The summed E-state index contributed by atoms with van der Waals surface area (Å²) in [5, 5.41) is 13.4. The van der Waals surface area contributed by atoms with Crippen LogP contribution in [0.4, 0.5) is 10.1 Å². The number of anilines is 1. The summed E-state index contributed by atoms with van der Waals surface area (Å²) < 4.78 is 14.4. The molecule has 5 heteroatoms. The molecule has 3 rings (SSSR count). The Morgan fingerprint density at radius 2 is 2.10 bits per heavy atom. The summed E-state index contributed by atoms with van der Waals surface area (Å²) in [7, 11) is 0. The van der Waals surface area contributed by atoms with Gasteiger partial charge in [0.15, 0.2) is 11.6 Å². The Hall–Kier alpha value is -2.14. The van der Waals surface area contributed by atoms with E-state index in [1.165, 1.54) is 12.1 Å². The molecule has 0 bridgehead atoms. The van der Waals surface area contributed by atoms with Gasteiger partial charge in [0.25, 0.3) is 0 Å². The molecule has 1 heterocycles. The lowest BCUT2D eigenvalue weighted by molar-refractivity contribution is 0.432. The third-order valence-corrected chi connectivity index (χ3v) is 3.94. The number of phenolic OH excluding ortho intramolecular Hbond substituents is 1.